The first-order chi connectivity index (χ1) is 8.68. The predicted octanol–water partition coefficient (Wildman–Crippen LogP) is 3.95. The molecule has 108 valence electrons. The second-order valence-corrected chi connectivity index (χ2v) is 6.99. The minimum atomic E-state index is -0.243. The molecule has 1 aromatic carbocycles. The average molecular weight is 331 g/mol. The summed E-state index contributed by atoms with van der Waals surface area (Å²) < 4.78 is 14.2. The van der Waals surface area contributed by atoms with Crippen LogP contribution in [0.25, 0.3) is 0 Å². The lowest BCUT2D eigenvalue weighted by atomic mass is 9.86. The number of likely N-dealkylation sites (N-methyl/N-ethyl adjacent to an activating group) is 1. The molecule has 2 N–H and O–H groups in total. The zero-order valence-electron chi connectivity index (χ0n) is 12.4. The van der Waals surface area contributed by atoms with Crippen molar-refractivity contribution in [2.24, 2.45) is 11.1 Å². The third kappa shape index (κ3) is 4.01. The van der Waals surface area contributed by atoms with E-state index in [-0.39, 0.29) is 17.3 Å². The van der Waals surface area contributed by atoms with Crippen molar-refractivity contribution in [3.05, 3.63) is 34.1 Å². The highest BCUT2D eigenvalue weighted by molar-refractivity contribution is 9.10. The normalized spacial score (nSPS) is 15.6. The summed E-state index contributed by atoms with van der Waals surface area (Å²) in [5, 5.41) is 0. The Morgan fingerprint density at radius 1 is 1.37 bits per heavy atom. The fourth-order valence-corrected chi connectivity index (χ4v) is 2.38. The number of benzene rings is 1. The smallest absolute Gasteiger partial charge is 0.137 e. The first kappa shape index (κ1) is 16.6. The van der Waals surface area contributed by atoms with Crippen LogP contribution in [-0.4, -0.2) is 24.5 Å². The monoisotopic (exact) mass is 330 g/mol. The van der Waals surface area contributed by atoms with Gasteiger partial charge in [-0.3, -0.25) is 4.90 Å². The Hall–Kier alpha value is -0.450. The molecule has 0 aromatic heterocycles. The Bertz CT molecular complexity index is 429. The molecule has 0 saturated carbocycles. The fraction of sp³-hybridized carbons (Fsp3) is 0.600. The zero-order chi connectivity index (χ0) is 14.8. The van der Waals surface area contributed by atoms with Crippen molar-refractivity contribution < 1.29 is 4.39 Å². The number of hydrogen-bond donors (Lipinski definition) is 1. The summed E-state index contributed by atoms with van der Waals surface area (Å²) in [6.45, 7) is 9.24. The highest BCUT2D eigenvalue weighted by Gasteiger charge is 2.29. The van der Waals surface area contributed by atoms with Gasteiger partial charge in [0.05, 0.1) is 4.47 Å². The molecule has 2 unspecified atom stereocenters. The van der Waals surface area contributed by atoms with Crippen LogP contribution in [0.4, 0.5) is 4.39 Å². The van der Waals surface area contributed by atoms with E-state index in [1.807, 2.05) is 13.1 Å². The topological polar surface area (TPSA) is 29.3 Å². The van der Waals surface area contributed by atoms with Crippen LogP contribution in [-0.2, 0) is 0 Å². The Kier molecular flexibility index (Phi) is 5.53. The first-order valence-corrected chi connectivity index (χ1v) is 7.34. The molecule has 0 aliphatic heterocycles. The second kappa shape index (κ2) is 6.33. The van der Waals surface area contributed by atoms with Gasteiger partial charge in [0.2, 0.25) is 0 Å². The minimum absolute atomic E-state index is 0.0248. The van der Waals surface area contributed by atoms with E-state index in [2.05, 4.69) is 48.5 Å². The van der Waals surface area contributed by atoms with Crippen molar-refractivity contribution in [3.63, 3.8) is 0 Å². The number of nitrogens with zero attached hydrogens (tertiary/aromatic N) is 1. The van der Waals surface area contributed by atoms with Crippen molar-refractivity contribution >= 4 is 15.9 Å². The first-order valence-electron chi connectivity index (χ1n) is 6.55. The van der Waals surface area contributed by atoms with Crippen LogP contribution in [0.2, 0.25) is 0 Å². The lowest BCUT2D eigenvalue weighted by Crippen LogP contribution is -2.43. The van der Waals surface area contributed by atoms with Gasteiger partial charge < -0.3 is 5.73 Å². The number of rotatable bonds is 4. The maximum Gasteiger partial charge on any atom is 0.137 e. The summed E-state index contributed by atoms with van der Waals surface area (Å²) in [7, 11) is 2.05. The third-order valence-corrected chi connectivity index (χ3v) is 4.55. The molecular formula is C15H24BrFN2. The van der Waals surface area contributed by atoms with Crippen molar-refractivity contribution in [3.8, 4) is 0 Å². The minimum Gasteiger partial charge on any atom is -0.329 e. The average Bonchev–Trinajstić information content (AvgIpc) is 2.32. The largest absolute Gasteiger partial charge is 0.329 e. The van der Waals surface area contributed by atoms with Gasteiger partial charge in [-0.15, -0.1) is 0 Å². The van der Waals surface area contributed by atoms with Gasteiger partial charge in [-0.2, -0.15) is 0 Å². The maximum atomic E-state index is 13.7. The Balaban J connectivity index is 3.03. The molecule has 1 aromatic rings. The van der Waals surface area contributed by atoms with Gasteiger partial charge in [0.15, 0.2) is 0 Å². The summed E-state index contributed by atoms with van der Waals surface area (Å²) in [6.07, 6.45) is 0. The molecule has 4 heteroatoms. The predicted molar refractivity (Wildman–Crippen MR) is 82.6 cm³/mol. The highest BCUT2D eigenvalue weighted by Crippen LogP contribution is 2.30. The summed E-state index contributed by atoms with van der Waals surface area (Å²) in [4.78, 5) is 2.22. The number of hydrogen-bond acceptors (Lipinski definition) is 2. The molecule has 0 amide bonds. The number of halogens is 2. The van der Waals surface area contributed by atoms with Crippen LogP contribution < -0.4 is 5.73 Å². The summed E-state index contributed by atoms with van der Waals surface area (Å²) in [6, 6.07) is 5.59. The van der Waals surface area contributed by atoms with E-state index in [1.54, 1.807) is 12.1 Å². The SMILES string of the molecule is CC(N(C)C(CN)c1ccc(Br)c(F)c1)C(C)(C)C. The molecule has 19 heavy (non-hydrogen) atoms. The Morgan fingerprint density at radius 3 is 2.37 bits per heavy atom. The van der Waals surface area contributed by atoms with Crippen LogP contribution in [0.15, 0.2) is 22.7 Å². The molecule has 0 saturated heterocycles. The van der Waals surface area contributed by atoms with Crippen LogP contribution in [0.5, 0.6) is 0 Å². The Labute approximate surface area is 124 Å². The standard InChI is InChI=1S/C15H24BrFN2/c1-10(15(2,3)4)19(5)14(9-18)11-6-7-12(16)13(17)8-11/h6-8,10,14H,9,18H2,1-5H3. The van der Waals surface area contributed by atoms with Crippen molar-refractivity contribution in [2.75, 3.05) is 13.6 Å². The molecular weight excluding hydrogens is 307 g/mol. The molecule has 0 spiro atoms. The third-order valence-electron chi connectivity index (χ3n) is 3.91. The number of nitrogens with two attached hydrogens (primary N) is 1. The molecule has 0 aliphatic rings. The lowest BCUT2D eigenvalue weighted by molar-refractivity contribution is 0.1000. The summed E-state index contributed by atoms with van der Waals surface area (Å²) >= 11 is 3.18. The second-order valence-electron chi connectivity index (χ2n) is 6.13. The molecule has 0 radical (unpaired) electrons. The van der Waals surface area contributed by atoms with Gasteiger partial charge in [0.1, 0.15) is 5.82 Å². The van der Waals surface area contributed by atoms with E-state index < -0.39 is 0 Å². The summed E-state index contributed by atoms with van der Waals surface area (Å²) in [5.74, 6) is -0.243. The molecule has 0 aliphatic carbocycles. The lowest BCUT2D eigenvalue weighted by Gasteiger charge is -2.40. The van der Waals surface area contributed by atoms with Gasteiger partial charge in [0.25, 0.3) is 0 Å². The molecule has 0 bridgehead atoms. The van der Waals surface area contributed by atoms with Crippen LogP contribution in [0.3, 0.4) is 0 Å². The fourth-order valence-electron chi connectivity index (χ4n) is 2.14. The van der Waals surface area contributed by atoms with Crippen molar-refractivity contribution in [2.45, 2.75) is 39.8 Å². The molecule has 0 heterocycles. The van der Waals surface area contributed by atoms with E-state index in [0.717, 1.165) is 5.56 Å². The Morgan fingerprint density at radius 2 is 1.95 bits per heavy atom. The van der Waals surface area contributed by atoms with E-state index in [1.165, 1.54) is 0 Å². The van der Waals surface area contributed by atoms with Gasteiger partial charge >= 0.3 is 0 Å². The molecule has 0 fully saturated rings. The van der Waals surface area contributed by atoms with E-state index >= 15 is 0 Å². The molecule has 1 rings (SSSR count). The van der Waals surface area contributed by atoms with E-state index in [9.17, 15) is 4.39 Å². The van der Waals surface area contributed by atoms with Gasteiger partial charge in [-0.1, -0.05) is 26.8 Å². The highest BCUT2D eigenvalue weighted by atomic mass is 79.9. The molecule has 2 atom stereocenters. The van der Waals surface area contributed by atoms with Crippen LogP contribution >= 0.6 is 15.9 Å². The van der Waals surface area contributed by atoms with Crippen LogP contribution in [0.1, 0.15) is 39.3 Å². The van der Waals surface area contributed by atoms with E-state index in [0.29, 0.717) is 17.1 Å². The van der Waals surface area contributed by atoms with Crippen LogP contribution in [0, 0.1) is 11.2 Å². The zero-order valence-corrected chi connectivity index (χ0v) is 14.0. The van der Waals surface area contributed by atoms with Gasteiger partial charge in [0, 0.05) is 18.6 Å². The van der Waals surface area contributed by atoms with Crippen molar-refractivity contribution in [1.82, 2.24) is 4.90 Å². The van der Waals surface area contributed by atoms with Crippen molar-refractivity contribution in [1.29, 1.82) is 0 Å². The van der Waals surface area contributed by atoms with Gasteiger partial charge in [-0.25, -0.2) is 4.39 Å². The molecule has 2 nitrogen and oxygen atoms in total. The summed E-state index contributed by atoms with van der Waals surface area (Å²) in [5.41, 5.74) is 6.97. The quantitative estimate of drug-likeness (QED) is 0.905. The van der Waals surface area contributed by atoms with Gasteiger partial charge in [-0.05, 0) is 53.0 Å². The maximum absolute atomic E-state index is 13.7. The van der Waals surface area contributed by atoms with E-state index in [4.69, 9.17) is 5.73 Å².